The van der Waals surface area contributed by atoms with Crippen molar-refractivity contribution in [2.75, 3.05) is 13.2 Å². The largest absolute Gasteiger partial charge is 0.489 e. The van der Waals surface area contributed by atoms with E-state index < -0.39 is 11.8 Å². The van der Waals surface area contributed by atoms with Crippen LogP contribution in [0.4, 0.5) is 0 Å². The molecule has 7 heteroatoms. The summed E-state index contributed by atoms with van der Waals surface area (Å²) in [4.78, 5) is 23.0. The van der Waals surface area contributed by atoms with Crippen LogP contribution in [-0.4, -0.2) is 31.2 Å². The van der Waals surface area contributed by atoms with Crippen molar-refractivity contribution in [3.8, 4) is 5.75 Å². The highest BCUT2D eigenvalue weighted by Crippen LogP contribution is 2.21. The van der Waals surface area contributed by atoms with Gasteiger partial charge in [-0.1, -0.05) is 37.6 Å². The lowest BCUT2D eigenvalue weighted by Gasteiger charge is -2.07. The first-order chi connectivity index (χ1) is 11.1. The lowest BCUT2D eigenvalue weighted by atomic mass is 10.2. The van der Waals surface area contributed by atoms with E-state index in [-0.39, 0.29) is 0 Å². The van der Waals surface area contributed by atoms with Crippen LogP contribution in [0.25, 0.3) is 0 Å². The molecule has 2 amide bonds. The van der Waals surface area contributed by atoms with Crippen LogP contribution >= 0.6 is 11.6 Å². The number of rotatable bonds is 8. The molecule has 0 aromatic heterocycles. The Morgan fingerprint density at radius 3 is 2.87 bits per heavy atom. The summed E-state index contributed by atoms with van der Waals surface area (Å²) in [6.07, 6.45) is 4.72. The molecule has 0 aliphatic carbocycles. The number of nitrogens with one attached hydrogen (secondary N) is 2. The van der Waals surface area contributed by atoms with Crippen LogP contribution in [0.2, 0.25) is 5.02 Å². The van der Waals surface area contributed by atoms with Crippen LogP contribution in [0.3, 0.4) is 0 Å². The Balaban J connectivity index is 2.62. The molecule has 0 atom stereocenters. The van der Waals surface area contributed by atoms with Gasteiger partial charge in [0.25, 0.3) is 0 Å². The monoisotopic (exact) mass is 337 g/mol. The average molecular weight is 338 g/mol. The van der Waals surface area contributed by atoms with Gasteiger partial charge in [0.15, 0.2) is 0 Å². The van der Waals surface area contributed by atoms with Crippen LogP contribution < -0.4 is 15.5 Å². The van der Waals surface area contributed by atoms with Gasteiger partial charge in [-0.2, -0.15) is 5.10 Å². The molecular weight excluding hydrogens is 318 g/mol. The fraction of sp³-hybridized carbons (Fsp3) is 0.312. The highest BCUT2D eigenvalue weighted by atomic mass is 35.5. The van der Waals surface area contributed by atoms with Crippen LogP contribution in [-0.2, 0) is 9.59 Å². The number of unbranched alkanes of at least 4 members (excludes halogenated alkanes) is 1. The standard InChI is InChI=1S/C16H20ClN3O3/c1-3-5-8-18-15(21)16(22)20-19-11-12-10-13(17)6-7-14(12)23-9-4-2/h4,6-7,10-11H,2-3,5,8-9H2,1H3,(H,18,21)(H,20,22)/b19-11-. The van der Waals surface area contributed by atoms with Crippen molar-refractivity contribution in [2.24, 2.45) is 5.10 Å². The van der Waals surface area contributed by atoms with Crippen LogP contribution in [0.5, 0.6) is 5.75 Å². The zero-order chi connectivity index (χ0) is 17.1. The zero-order valence-corrected chi connectivity index (χ0v) is 13.7. The van der Waals surface area contributed by atoms with Crippen molar-refractivity contribution < 1.29 is 14.3 Å². The molecule has 0 saturated carbocycles. The van der Waals surface area contributed by atoms with E-state index in [9.17, 15) is 9.59 Å². The normalized spacial score (nSPS) is 10.3. The van der Waals surface area contributed by atoms with Gasteiger partial charge in [-0.15, -0.1) is 0 Å². The smallest absolute Gasteiger partial charge is 0.329 e. The summed E-state index contributed by atoms with van der Waals surface area (Å²) in [5.74, 6) is -1.00. The Morgan fingerprint density at radius 1 is 1.39 bits per heavy atom. The van der Waals surface area contributed by atoms with E-state index in [2.05, 4.69) is 22.4 Å². The Labute approximate surface area is 140 Å². The first-order valence-electron chi connectivity index (χ1n) is 7.23. The number of benzene rings is 1. The SMILES string of the molecule is C=CCOc1ccc(Cl)cc1/C=N\NC(=O)C(=O)NCCCC. The van der Waals surface area contributed by atoms with Gasteiger partial charge in [0.05, 0.1) is 6.21 Å². The van der Waals surface area contributed by atoms with Gasteiger partial charge in [0.1, 0.15) is 12.4 Å². The molecule has 0 aliphatic heterocycles. The second kappa shape index (κ2) is 10.4. The predicted molar refractivity (Wildman–Crippen MR) is 90.8 cm³/mol. The molecule has 6 nitrogen and oxygen atoms in total. The summed E-state index contributed by atoms with van der Waals surface area (Å²) in [5, 5.41) is 6.75. The maximum Gasteiger partial charge on any atom is 0.329 e. The van der Waals surface area contributed by atoms with Crippen LogP contribution in [0, 0.1) is 0 Å². The van der Waals surface area contributed by atoms with Crippen molar-refractivity contribution >= 4 is 29.6 Å². The molecule has 1 aromatic rings. The van der Waals surface area contributed by atoms with E-state index in [4.69, 9.17) is 16.3 Å². The highest BCUT2D eigenvalue weighted by Gasteiger charge is 2.11. The van der Waals surface area contributed by atoms with Crippen molar-refractivity contribution in [3.05, 3.63) is 41.4 Å². The van der Waals surface area contributed by atoms with Crippen LogP contribution in [0.15, 0.2) is 36.0 Å². The molecule has 0 heterocycles. The molecule has 124 valence electrons. The molecule has 0 aliphatic rings. The Morgan fingerprint density at radius 2 is 2.17 bits per heavy atom. The lowest BCUT2D eigenvalue weighted by molar-refractivity contribution is -0.139. The van der Waals surface area contributed by atoms with Crippen LogP contribution in [0.1, 0.15) is 25.3 Å². The van der Waals surface area contributed by atoms with E-state index >= 15 is 0 Å². The highest BCUT2D eigenvalue weighted by molar-refractivity contribution is 6.35. The van der Waals surface area contributed by atoms with Gasteiger partial charge < -0.3 is 10.1 Å². The second-order valence-electron chi connectivity index (χ2n) is 4.59. The number of halogens is 1. The third-order valence-corrected chi connectivity index (χ3v) is 2.96. The Bertz CT molecular complexity index is 588. The summed E-state index contributed by atoms with van der Waals surface area (Å²) in [6.45, 7) is 6.35. The topological polar surface area (TPSA) is 79.8 Å². The molecular formula is C16H20ClN3O3. The molecule has 1 rings (SSSR count). The molecule has 0 saturated heterocycles. The van der Waals surface area contributed by atoms with Gasteiger partial charge in [-0.3, -0.25) is 9.59 Å². The molecule has 23 heavy (non-hydrogen) atoms. The fourth-order valence-corrected chi connectivity index (χ4v) is 1.75. The number of hydrogen-bond donors (Lipinski definition) is 2. The number of hydrazone groups is 1. The molecule has 0 bridgehead atoms. The van der Waals surface area contributed by atoms with Gasteiger partial charge in [0, 0.05) is 17.1 Å². The maximum atomic E-state index is 11.5. The quantitative estimate of drug-likeness (QED) is 0.251. The first kappa shape index (κ1) is 18.7. The van der Waals surface area contributed by atoms with Gasteiger partial charge in [-0.25, -0.2) is 5.43 Å². The number of nitrogens with zero attached hydrogens (tertiary/aromatic N) is 1. The van der Waals surface area contributed by atoms with Gasteiger partial charge in [0.2, 0.25) is 0 Å². The first-order valence-corrected chi connectivity index (χ1v) is 7.60. The molecule has 2 N–H and O–H groups in total. The van der Waals surface area contributed by atoms with E-state index in [1.807, 2.05) is 6.92 Å². The summed E-state index contributed by atoms with van der Waals surface area (Å²) in [6, 6.07) is 5.00. The van der Waals surface area contributed by atoms with E-state index in [1.165, 1.54) is 6.21 Å². The number of carbonyl (C=O) groups is 2. The van der Waals surface area contributed by atoms with E-state index in [1.54, 1.807) is 24.3 Å². The zero-order valence-electron chi connectivity index (χ0n) is 13.0. The summed E-state index contributed by atoms with van der Waals surface area (Å²) in [7, 11) is 0. The lowest BCUT2D eigenvalue weighted by Crippen LogP contribution is -2.38. The van der Waals surface area contributed by atoms with Crippen molar-refractivity contribution in [3.63, 3.8) is 0 Å². The molecule has 0 spiro atoms. The fourth-order valence-electron chi connectivity index (χ4n) is 1.57. The third-order valence-electron chi connectivity index (χ3n) is 2.72. The molecule has 0 fully saturated rings. The van der Waals surface area contributed by atoms with Crippen molar-refractivity contribution in [1.82, 2.24) is 10.7 Å². The minimum atomic E-state index is -0.826. The van der Waals surface area contributed by atoms with Crippen molar-refractivity contribution in [2.45, 2.75) is 19.8 Å². The number of hydrogen-bond acceptors (Lipinski definition) is 4. The average Bonchev–Trinajstić information content (AvgIpc) is 2.54. The summed E-state index contributed by atoms with van der Waals surface area (Å²) >= 11 is 5.92. The summed E-state index contributed by atoms with van der Waals surface area (Å²) < 4.78 is 5.45. The Hall–Kier alpha value is -2.34. The van der Waals surface area contributed by atoms with Gasteiger partial charge in [-0.05, 0) is 24.6 Å². The van der Waals surface area contributed by atoms with E-state index in [0.717, 1.165) is 12.8 Å². The maximum absolute atomic E-state index is 11.5. The number of ether oxygens (including phenoxy) is 1. The summed E-state index contributed by atoms with van der Waals surface area (Å²) in [5.41, 5.74) is 2.74. The Kier molecular flexibility index (Phi) is 8.46. The third kappa shape index (κ3) is 6.97. The minimum Gasteiger partial charge on any atom is -0.489 e. The predicted octanol–water partition coefficient (Wildman–Crippen LogP) is 2.27. The van der Waals surface area contributed by atoms with Gasteiger partial charge >= 0.3 is 11.8 Å². The van der Waals surface area contributed by atoms with E-state index in [0.29, 0.717) is 29.5 Å². The number of amides is 2. The minimum absolute atomic E-state index is 0.328. The molecule has 1 aromatic carbocycles. The number of carbonyl (C=O) groups excluding carboxylic acids is 2. The second-order valence-corrected chi connectivity index (χ2v) is 5.03. The molecule has 0 unspecified atom stereocenters. The molecule has 0 radical (unpaired) electrons. The van der Waals surface area contributed by atoms with Crippen molar-refractivity contribution in [1.29, 1.82) is 0 Å².